The van der Waals surface area contributed by atoms with Crippen LogP contribution in [0.15, 0.2) is 36.5 Å². The van der Waals surface area contributed by atoms with Crippen LogP contribution in [0.1, 0.15) is 36.9 Å². The second-order valence-corrected chi connectivity index (χ2v) is 7.33. The number of carbonyl (C=O) groups excluding carboxylic acids is 1. The van der Waals surface area contributed by atoms with Gasteiger partial charge in [-0.25, -0.2) is 4.98 Å². The number of aliphatic hydroxyl groups excluding tert-OH is 1. The zero-order valence-corrected chi connectivity index (χ0v) is 14.0. The van der Waals surface area contributed by atoms with Gasteiger partial charge in [-0.3, -0.25) is 4.79 Å². The number of aliphatic hydroxyl groups is 1. The van der Waals surface area contributed by atoms with Crippen LogP contribution in [0.3, 0.4) is 0 Å². The summed E-state index contributed by atoms with van der Waals surface area (Å²) in [4.78, 5) is 17.3. The van der Waals surface area contributed by atoms with Crippen molar-refractivity contribution in [1.82, 2.24) is 10.3 Å². The van der Waals surface area contributed by atoms with Gasteiger partial charge in [0.15, 0.2) is 0 Å². The van der Waals surface area contributed by atoms with Gasteiger partial charge in [0.1, 0.15) is 9.88 Å². The van der Waals surface area contributed by atoms with Gasteiger partial charge >= 0.3 is 0 Å². The van der Waals surface area contributed by atoms with Gasteiger partial charge in [0.2, 0.25) is 0 Å². The summed E-state index contributed by atoms with van der Waals surface area (Å²) >= 11 is 1.38. The lowest BCUT2D eigenvalue weighted by atomic mass is 9.85. The van der Waals surface area contributed by atoms with E-state index < -0.39 is 0 Å². The molecule has 1 aromatic heterocycles. The Balaban J connectivity index is 2.12. The van der Waals surface area contributed by atoms with Crippen LogP contribution in [0.2, 0.25) is 0 Å². The molecule has 0 saturated heterocycles. The van der Waals surface area contributed by atoms with Crippen LogP contribution in [0.5, 0.6) is 0 Å². The van der Waals surface area contributed by atoms with E-state index in [1.54, 1.807) is 6.20 Å². The average Bonchev–Trinajstić information content (AvgIpc) is 2.96. The largest absolute Gasteiger partial charge is 0.396 e. The molecule has 22 heavy (non-hydrogen) atoms. The maximum absolute atomic E-state index is 12.4. The first-order chi connectivity index (χ1) is 10.4. The molecule has 2 N–H and O–H groups in total. The third-order valence-corrected chi connectivity index (χ3v) is 4.56. The number of nitrogens with zero attached hydrogens (tertiary/aromatic N) is 1. The molecule has 1 aromatic carbocycles. The lowest BCUT2D eigenvalue weighted by Gasteiger charge is -2.30. The summed E-state index contributed by atoms with van der Waals surface area (Å²) in [5, 5.41) is 13.0. The van der Waals surface area contributed by atoms with Crippen LogP contribution in [0.4, 0.5) is 0 Å². The summed E-state index contributed by atoms with van der Waals surface area (Å²) in [5.74, 6) is -0.131. The minimum atomic E-state index is -0.131. The molecule has 0 fully saturated rings. The quantitative estimate of drug-likeness (QED) is 0.889. The smallest absolute Gasteiger partial charge is 0.263 e. The van der Waals surface area contributed by atoms with Crippen molar-refractivity contribution >= 4 is 17.2 Å². The molecule has 0 saturated carbocycles. The fraction of sp³-hybridized carbons (Fsp3) is 0.412. The standard InChI is InChI=1S/C17H22N2O2S/c1-17(2,3)14(9-10-20)19-15(21)13-11-18-16(22-13)12-7-5-4-6-8-12/h4-8,11,14,20H,9-10H2,1-3H3,(H,19,21). The number of amides is 1. The van der Waals surface area contributed by atoms with Gasteiger partial charge in [-0.1, -0.05) is 51.1 Å². The van der Waals surface area contributed by atoms with E-state index in [2.05, 4.69) is 31.1 Å². The fourth-order valence-electron chi connectivity index (χ4n) is 2.17. The van der Waals surface area contributed by atoms with E-state index in [9.17, 15) is 9.90 Å². The Morgan fingerprint density at radius 1 is 1.32 bits per heavy atom. The van der Waals surface area contributed by atoms with Crippen LogP contribution in [-0.2, 0) is 0 Å². The van der Waals surface area contributed by atoms with E-state index in [1.165, 1.54) is 11.3 Å². The van der Waals surface area contributed by atoms with Crippen molar-refractivity contribution in [3.05, 3.63) is 41.4 Å². The van der Waals surface area contributed by atoms with Crippen molar-refractivity contribution in [3.8, 4) is 10.6 Å². The third-order valence-electron chi connectivity index (χ3n) is 3.52. The van der Waals surface area contributed by atoms with Crippen molar-refractivity contribution < 1.29 is 9.90 Å². The Kier molecular flexibility index (Phi) is 5.32. The first-order valence-electron chi connectivity index (χ1n) is 7.35. The number of hydrogen-bond acceptors (Lipinski definition) is 4. The molecule has 0 aliphatic heterocycles. The molecule has 1 atom stereocenters. The topological polar surface area (TPSA) is 62.2 Å². The van der Waals surface area contributed by atoms with Crippen LogP contribution in [0, 0.1) is 5.41 Å². The molecule has 2 aromatic rings. The van der Waals surface area contributed by atoms with Crippen LogP contribution < -0.4 is 5.32 Å². The van der Waals surface area contributed by atoms with Crippen molar-refractivity contribution in [2.24, 2.45) is 5.41 Å². The maximum Gasteiger partial charge on any atom is 0.263 e. The highest BCUT2D eigenvalue weighted by atomic mass is 32.1. The summed E-state index contributed by atoms with van der Waals surface area (Å²) in [7, 11) is 0. The molecule has 0 bridgehead atoms. The number of rotatable bonds is 5. The maximum atomic E-state index is 12.4. The number of benzene rings is 1. The zero-order chi connectivity index (χ0) is 16.2. The van der Waals surface area contributed by atoms with E-state index in [0.717, 1.165) is 10.6 Å². The molecule has 118 valence electrons. The SMILES string of the molecule is CC(C)(C)C(CCO)NC(=O)c1cnc(-c2ccccc2)s1. The highest BCUT2D eigenvalue weighted by molar-refractivity contribution is 7.16. The molecule has 0 aliphatic carbocycles. The van der Waals surface area contributed by atoms with E-state index in [4.69, 9.17) is 0 Å². The molecule has 4 nitrogen and oxygen atoms in total. The van der Waals surface area contributed by atoms with Gasteiger partial charge in [-0.05, 0) is 11.8 Å². The van der Waals surface area contributed by atoms with Crippen LogP contribution in [-0.4, -0.2) is 28.6 Å². The zero-order valence-electron chi connectivity index (χ0n) is 13.2. The summed E-state index contributed by atoms with van der Waals surface area (Å²) in [6.45, 7) is 6.21. The van der Waals surface area contributed by atoms with Crippen LogP contribution >= 0.6 is 11.3 Å². The van der Waals surface area contributed by atoms with Gasteiger partial charge in [0.25, 0.3) is 5.91 Å². The van der Waals surface area contributed by atoms with E-state index in [-0.39, 0.29) is 24.0 Å². The second-order valence-electron chi connectivity index (χ2n) is 6.30. The lowest BCUT2D eigenvalue weighted by Crippen LogP contribution is -2.44. The Morgan fingerprint density at radius 2 is 2.00 bits per heavy atom. The first kappa shape index (κ1) is 16.6. The Bertz CT molecular complexity index is 617. The number of thiazole rings is 1. The molecule has 5 heteroatoms. The average molecular weight is 318 g/mol. The Labute approximate surface area is 135 Å². The van der Waals surface area contributed by atoms with Gasteiger partial charge in [0, 0.05) is 18.2 Å². The predicted molar refractivity (Wildman–Crippen MR) is 90.0 cm³/mol. The fourth-order valence-corrected chi connectivity index (χ4v) is 3.00. The minimum absolute atomic E-state index is 0.0557. The van der Waals surface area contributed by atoms with E-state index in [0.29, 0.717) is 11.3 Å². The van der Waals surface area contributed by atoms with Crippen molar-refractivity contribution in [2.45, 2.75) is 33.2 Å². The van der Waals surface area contributed by atoms with Gasteiger partial charge in [-0.2, -0.15) is 0 Å². The number of aromatic nitrogens is 1. The monoisotopic (exact) mass is 318 g/mol. The van der Waals surface area contributed by atoms with Crippen molar-refractivity contribution in [2.75, 3.05) is 6.61 Å². The Morgan fingerprint density at radius 3 is 2.59 bits per heavy atom. The molecule has 0 spiro atoms. The molecule has 1 amide bonds. The molecule has 1 heterocycles. The lowest BCUT2D eigenvalue weighted by molar-refractivity contribution is 0.0889. The van der Waals surface area contributed by atoms with E-state index >= 15 is 0 Å². The molecular formula is C17H22N2O2S. The summed E-state index contributed by atoms with van der Waals surface area (Å²) in [6.07, 6.45) is 2.15. The van der Waals surface area contributed by atoms with Crippen molar-refractivity contribution in [1.29, 1.82) is 0 Å². The highest BCUT2D eigenvalue weighted by Crippen LogP contribution is 2.26. The summed E-state index contributed by atoms with van der Waals surface area (Å²) in [5.41, 5.74) is 0.903. The minimum Gasteiger partial charge on any atom is -0.396 e. The molecule has 0 radical (unpaired) electrons. The predicted octanol–water partition coefficient (Wildman–Crippen LogP) is 3.34. The normalized spacial score (nSPS) is 12.9. The molecule has 0 aliphatic rings. The number of hydrogen-bond donors (Lipinski definition) is 2. The Hall–Kier alpha value is -1.72. The first-order valence-corrected chi connectivity index (χ1v) is 8.16. The molecule has 1 unspecified atom stereocenters. The van der Waals surface area contributed by atoms with Gasteiger partial charge in [0.05, 0.1) is 6.20 Å². The molecular weight excluding hydrogens is 296 g/mol. The number of carbonyl (C=O) groups is 1. The van der Waals surface area contributed by atoms with Crippen LogP contribution in [0.25, 0.3) is 10.6 Å². The summed E-state index contributed by atoms with van der Waals surface area (Å²) < 4.78 is 0. The van der Waals surface area contributed by atoms with Gasteiger partial charge < -0.3 is 10.4 Å². The second kappa shape index (κ2) is 7.03. The van der Waals surface area contributed by atoms with E-state index in [1.807, 2.05) is 30.3 Å². The number of nitrogens with one attached hydrogen (secondary N) is 1. The highest BCUT2D eigenvalue weighted by Gasteiger charge is 2.26. The summed E-state index contributed by atoms with van der Waals surface area (Å²) in [6, 6.07) is 9.73. The third kappa shape index (κ3) is 4.15. The van der Waals surface area contributed by atoms with Gasteiger partial charge in [-0.15, -0.1) is 11.3 Å². The van der Waals surface area contributed by atoms with Crippen molar-refractivity contribution in [3.63, 3.8) is 0 Å². The molecule has 2 rings (SSSR count).